The van der Waals surface area contributed by atoms with E-state index in [4.69, 9.17) is 4.74 Å². The number of halogens is 1. The van der Waals surface area contributed by atoms with E-state index in [1.807, 2.05) is 51.1 Å². The van der Waals surface area contributed by atoms with Gasteiger partial charge in [0.2, 0.25) is 21.8 Å². The third kappa shape index (κ3) is 9.30. The Labute approximate surface area is 248 Å². The van der Waals surface area contributed by atoms with Gasteiger partial charge in [-0.3, -0.25) is 13.9 Å². The van der Waals surface area contributed by atoms with Crippen LogP contribution >= 0.6 is 0 Å². The van der Waals surface area contributed by atoms with Crippen LogP contribution in [0.5, 0.6) is 5.75 Å². The van der Waals surface area contributed by atoms with Gasteiger partial charge in [-0.15, -0.1) is 0 Å². The first kappa shape index (κ1) is 32.6. The van der Waals surface area contributed by atoms with Crippen LogP contribution in [0.15, 0.2) is 78.9 Å². The Hall–Kier alpha value is -3.92. The number of carbonyl (C=O) groups is 2. The molecule has 3 aromatic rings. The van der Waals surface area contributed by atoms with Gasteiger partial charge in [0.15, 0.2) is 0 Å². The number of sulfonamides is 1. The number of rotatable bonds is 15. The van der Waals surface area contributed by atoms with Gasteiger partial charge in [-0.1, -0.05) is 60.7 Å². The third-order valence-corrected chi connectivity index (χ3v) is 7.77. The highest BCUT2D eigenvalue weighted by atomic mass is 32.2. The van der Waals surface area contributed by atoms with Crippen molar-refractivity contribution in [1.82, 2.24) is 10.2 Å². The van der Waals surface area contributed by atoms with Gasteiger partial charge < -0.3 is 15.0 Å². The van der Waals surface area contributed by atoms with E-state index >= 15 is 0 Å². The number of nitrogens with zero attached hydrogens (tertiary/aromatic N) is 2. The van der Waals surface area contributed by atoms with Crippen LogP contribution in [0.1, 0.15) is 44.7 Å². The molecule has 0 spiro atoms. The fraction of sp³-hybridized carbons (Fsp3) is 0.375. The monoisotopic (exact) mass is 597 g/mol. The van der Waals surface area contributed by atoms with E-state index in [1.54, 1.807) is 42.5 Å². The van der Waals surface area contributed by atoms with E-state index in [2.05, 4.69) is 5.32 Å². The third-order valence-electron chi connectivity index (χ3n) is 6.59. The number of carbonyl (C=O) groups excluding carboxylic acids is 2. The highest BCUT2D eigenvalue weighted by molar-refractivity contribution is 7.92. The zero-order chi connectivity index (χ0) is 30.7. The van der Waals surface area contributed by atoms with Crippen LogP contribution in [0.2, 0.25) is 0 Å². The number of ether oxygens (including phenoxy) is 1. The molecule has 0 bridgehead atoms. The quantitative estimate of drug-likeness (QED) is 0.268. The van der Waals surface area contributed by atoms with Crippen molar-refractivity contribution in [2.45, 2.75) is 58.7 Å². The van der Waals surface area contributed by atoms with E-state index in [0.717, 1.165) is 11.8 Å². The maximum atomic E-state index is 14.8. The van der Waals surface area contributed by atoms with Crippen LogP contribution in [0.25, 0.3) is 0 Å². The minimum atomic E-state index is -3.70. The van der Waals surface area contributed by atoms with Crippen LogP contribution in [-0.2, 0) is 32.6 Å². The summed E-state index contributed by atoms with van der Waals surface area (Å²) in [5, 5.41) is 2.90. The molecule has 42 heavy (non-hydrogen) atoms. The van der Waals surface area contributed by atoms with E-state index in [-0.39, 0.29) is 55.8 Å². The average Bonchev–Trinajstić information content (AvgIpc) is 2.94. The van der Waals surface area contributed by atoms with Gasteiger partial charge in [0.1, 0.15) is 17.6 Å². The molecule has 0 unspecified atom stereocenters. The van der Waals surface area contributed by atoms with Gasteiger partial charge in [0.05, 0.1) is 18.6 Å². The number of nitrogens with one attached hydrogen (secondary N) is 1. The smallest absolute Gasteiger partial charge is 0.243 e. The van der Waals surface area contributed by atoms with Crippen molar-refractivity contribution in [3.8, 4) is 5.75 Å². The minimum absolute atomic E-state index is 0.0176. The Kier molecular flexibility index (Phi) is 11.9. The van der Waals surface area contributed by atoms with Crippen LogP contribution in [-0.4, -0.2) is 56.6 Å². The first-order valence-corrected chi connectivity index (χ1v) is 15.9. The summed E-state index contributed by atoms with van der Waals surface area (Å²) in [6.45, 7) is 5.74. The lowest BCUT2D eigenvalue weighted by Crippen LogP contribution is -2.52. The SMILES string of the molecule is CCOc1ccccc1N(CCCC(=O)N(Cc1ccccc1F)[C@@H](Cc1ccccc1)C(=O)NC(C)C)S(C)(=O)=O. The molecule has 0 radical (unpaired) electrons. The van der Waals surface area contributed by atoms with E-state index in [1.165, 1.54) is 15.3 Å². The maximum absolute atomic E-state index is 14.8. The number of benzene rings is 3. The number of anilines is 1. The molecule has 226 valence electrons. The molecule has 0 aliphatic heterocycles. The predicted octanol–water partition coefficient (Wildman–Crippen LogP) is 4.94. The molecule has 0 heterocycles. The lowest BCUT2D eigenvalue weighted by molar-refractivity contribution is -0.141. The fourth-order valence-corrected chi connectivity index (χ4v) is 5.64. The summed E-state index contributed by atoms with van der Waals surface area (Å²) >= 11 is 0. The number of amides is 2. The van der Waals surface area contributed by atoms with Crippen molar-refractivity contribution in [3.05, 3.63) is 95.8 Å². The van der Waals surface area contributed by atoms with Crippen molar-refractivity contribution in [2.24, 2.45) is 0 Å². The van der Waals surface area contributed by atoms with Gasteiger partial charge in [-0.25, -0.2) is 12.8 Å². The summed E-state index contributed by atoms with van der Waals surface area (Å²) < 4.78 is 47.2. The molecule has 1 N–H and O–H groups in total. The molecule has 10 heteroatoms. The highest BCUT2D eigenvalue weighted by Crippen LogP contribution is 2.30. The van der Waals surface area contributed by atoms with Crippen LogP contribution in [0.3, 0.4) is 0 Å². The maximum Gasteiger partial charge on any atom is 0.243 e. The normalized spacial score (nSPS) is 12.0. The van der Waals surface area contributed by atoms with Crippen molar-refractivity contribution < 1.29 is 27.1 Å². The van der Waals surface area contributed by atoms with Gasteiger partial charge in [-0.2, -0.15) is 0 Å². The zero-order valence-corrected chi connectivity index (χ0v) is 25.4. The van der Waals surface area contributed by atoms with Crippen LogP contribution in [0.4, 0.5) is 10.1 Å². The number of hydrogen-bond acceptors (Lipinski definition) is 5. The lowest BCUT2D eigenvalue weighted by atomic mass is 10.0. The van der Waals surface area contributed by atoms with Crippen molar-refractivity contribution in [2.75, 3.05) is 23.7 Å². The second-order valence-electron chi connectivity index (χ2n) is 10.3. The molecule has 8 nitrogen and oxygen atoms in total. The molecular formula is C32H40FN3O5S. The van der Waals surface area contributed by atoms with E-state index < -0.39 is 21.9 Å². The molecule has 0 aromatic heterocycles. The molecule has 0 aliphatic rings. The number of hydrogen-bond donors (Lipinski definition) is 1. The Bertz CT molecular complexity index is 1430. The molecule has 3 rings (SSSR count). The summed E-state index contributed by atoms with van der Waals surface area (Å²) in [5.74, 6) is -0.786. The summed E-state index contributed by atoms with van der Waals surface area (Å²) in [5.41, 5.74) is 1.52. The standard InChI is InChI=1S/C32H40FN3O5S/c1-5-41-30-19-12-11-18-28(30)36(42(4,39)40)21-13-20-31(37)35(23-26-16-9-10-17-27(26)33)29(32(38)34-24(2)3)22-25-14-7-6-8-15-25/h6-12,14-19,24,29H,5,13,20-23H2,1-4H3,(H,34,38)/t29-/m0/s1. The number of para-hydroxylation sites is 2. The van der Waals surface area contributed by atoms with Gasteiger partial charge in [0.25, 0.3) is 0 Å². The van der Waals surface area contributed by atoms with Gasteiger partial charge >= 0.3 is 0 Å². The topological polar surface area (TPSA) is 96.0 Å². The Morgan fingerprint density at radius 1 is 0.952 bits per heavy atom. The van der Waals surface area contributed by atoms with E-state index in [9.17, 15) is 22.4 Å². The molecule has 0 saturated carbocycles. The fourth-order valence-electron chi connectivity index (χ4n) is 4.67. The van der Waals surface area contributed by atoms with E-state index in [0.29, 0.717) is 18.0 Å². The van der Waals surface area contributed by atoms with Crippen LogP contribution < -0.4 is 14.4 Å². The summed E-state index contributed by atoms with van der Waals surface area (Å²) in [6, 6.07) is 21.2. The van der Waals surface area contributed by atoms with Crippen LogP contribution in [0, 0.1) is 5.82 Å². The minimum Gasteiger partial charge on any atom is -0.492 e. The Morgan fingerprint density at radius 2 is 1.60 bits per heavy atom. The summed E-state index contributed by atoms with van der Waals surface area (Å²) in [6.07, 6.45) is 1.45. The molecular weight excluding hydrogens is 557 g/mol. The Balaban J connectivity index is 1.90. The zero-order valence-electron chi connectivity index (χ0n) is 24.6. The molecule has 0 aliphatic carbocycles. The van der Waals surface area contributed by atoms with Crippen molar-refractivity contribution in [1.29, 1.82) is 0 Å². The predicted molar refractivity (Wildman–Crippen MR) is 163 cm³/mol. The Morgan fingerprint density at radius 3 is 2.24 bits per heavy atom. The summed E-state index contributed by atoms with van der Waals surface area (Å²) in [4.78, 5) is 28.7. The molecule has 1 atom stereocenters. The molecule has 3 aromatic carbocycles. The average molecular weight is 598 g/mol. The second-order valence-corrected chi connectivity index (χ2v) is 12.2. The van der Waals surface area contributed by atoms with Crippen molar-refractivity contribution >= 4 is 27.5 Å². The second kappa shape index (κ2) is 15.3. The van der Waals surface area contributed by atoms with Crippen molar-refractivity contribution in [3.63, 3.8) is 0 Å². The molecule has 2 amide bonds. The largest absolute Gasteiger partial charge is 0.492 e. The first-order chi connectivity index (χ1) is 20.0. The molecule has 0 fully saturated rings. The van der Waals surface area contributed by atoms with Gasteiger partial charge in [-0.05, 0) is 51.0 Å². The summed E-state index contributed by atoms with van der Waals surface area (Å²) in [7, 11) is -3.70. The molecule has 0 saturated heterocycles. The lowest BCUT2D eigenvalue weighted by Gasteiger charge is -2.32. The first-order valence-electron chi connectivity index (χ1n) is 14.1. The highest BCUT2D eigenvalue weighted by Gasteiger charge is 2.31. The van der Waals surface area contributed by atoms with Gasteiger partial charge in [0, 0.05) is 37.5 Å².